The van der Waals surface area contributed by atoms with Crippen LogP contribution in [0.5, 0.6) is 0 Å². The van der Waals surface area contributed by atoms with E-state index in [1.807, 2.05) is 6.92 Å². The monoisotopic (exact) mass is 350 g/mol. The van der Waals surface area contributed by atoms with Crippen LogP contribution in [0.25, 0.3) is 0 Å². The van der Waals surface area contributed by atoms with Gasteiger partial charge in [-0.15, -0.1) is 0 Å². The van der Waals surface area contributed by atoms with Gasteiger partial charge in [0.05, 0.1) is 6.04 Å². The number of carbonyl (C=O) groups is 2. The largest absolute Gasteiger partial charge is 0.368 e. The zero-order chi connectivity index (χ0) is 18.2. The van der Waals surface area contributed by atoms with Crippen LogP contribution >= 0.6 is 0 Å². The lowest BCUT2D eigenvalue weighted by Crippen LogP contribution is -2.49. The summed E-state index contributed by atoms with van der Waals surface area (Å²) in [5.41, 5.74) is 6.69. The van der Waals surface area contributed by atoms with Gasteiger partial charge < -0.3 is 20.9 Å². The van der Waals surface area contributed by atoms with Crippen molar-refractivity contribution in [3.63, 3.8) is 0 Å². The Morgan fingerprint density at radius 2 is 1.84 bits per heavy atom. The smallest absolute Gasteiger partial charge is 0.236 e. The Kier molecular flexibility index (Phi) is 7.18. The molecule has 138 valence electrons. The Bertz CT molecular complexity index is 571. The molecular weight excluding hydrogens is 323 g/mol. The fraction of sp³-hybridized carbons (Fsp3) is 0.556. The van der Waals surface area contributed by atoms with Crippen LogP contribution in [0.15, 0.2) is 24.3 Å². The average molecular weight is 350 g/mol. The molecule has 7 heteroatoms. The molecule has 1 saturated heterocycles. The number of anilines is 1. The number of amides is 2. The van der Waals surface area contributed by atoms with E-state index in [2.05, 4.69) is 10.2 Å². The van der Waals surface area contributed by atoms with E-state index >= 15 is 0 Å². The first kappa shape index (κ1) is 19.2. The lowest BCUT2D eigenvalue weighted by molar-refractivity contribution is -0.131. The number of nitrogens with one attached hydrogen (secondary N) is 1. The SMILES string of the molecule is CCCC(N)C(=O)NCCC(=O)N1CCN(c2ccc(F)cc2)CC1. The van der Waals surface area contributed by atoms with Crippen LogP contribution < -0.4 is 16.0 Å². The standard InChI is InChI=1S/C18H27FN4O2/c1-2-3-16(20)18(25)21-9-8-17(24)23-12-10-22(11-13-23)15-6-4-14(19)5-7-15/h4-7,16H,2-3,8-13,20H2,1H3,(H,21,25). The summed E-state index contributed by atoms with van der Waals surface area (Å²) in [7, 11) is 0. The van der Waals surface area contributed by atoms with Gasteiger partial charge in [0.15, 0.2) is 0 Å². The van der Waals surface area contributed by atoms with Crippen molar-refractivity contribution >= 4 is 17.5 Å². The molecule has 1 aliphatic heterocycles. The Hall–Kier alpha value is -2.15. The van der Waals surface area contributed by atoms with Crippen LogP contribution in [0.1, 0.15) is 26.2 Å². The van der Waals surface area contributed by atoms with Gasteiger partial charge >= 0.3 is 0 Å². The zero-order valence-electron chi connectivity index (χ0n) is 14.7. The molecule has 1 heterocycles. The van der Waals surface area contributed by atoms with Crippen LogP contribution in [0.4, 0.5) is 10.1 Å². The van der Waals surface area contributed by atoms with E-state index in [1.165, 1.54) is 12.1 Å². The lowest BCUT2D eigenvalue weighted by atomic mass is 10.1. The molecule has 1 atom stereocenters. The Morgan fingerprint density at radius 3 is 2.44 bits per heavy atom. The Balaban J connectivity index is 1.70. The normalized spacial score (nSPS) is 15.8. The van der Waals surface area contributed by atoms with Gasteiger partial charge in [-0.2, -0.15) is 0 Å². The third kappa shape index (κ3) is 5.70. The van der Waals surface area contributed by atoms with Crippen molar-refractivity contribution in [1.82, 2.24) is 10.2 Å². The average Bonchev–Trinajstić information content (AvgIpc) is 2.62. The van der Waals surface area contributed by atoms with E-state index in [0.29, 0.717) is 39.1 Å². The third-order valence-electron chi connectivity index (χ3n) is 4.40. The van der Waals surface area contributed by atoms with E-state index in [9.17, 15) is 14.0 Å². The first-order valence-corrected chi connectivity index (χ1v) is 8.83. The van der Waals surface area contributed by atoms with Crippen molar-refractivity contribution in [2.45, 2.75) is 32.2 Å². The summed E-state index contributed by atoms with van der Waals surface area (Å²) < 4.78 is 13.0. The van der Waals surface area contributed by atoms with Gasteiger partial charge in [-0.1, -0.05) is 13.3 Å². The number of carbonyl (C=O) groups excluding carboxylic acids is 2. The highest BCUT2D eigenvalue weighted by Gasteiger charge is 2.21. The molecule has 1 fully saturated rings. The summed E-state index contributed by atoms with van der Waals surface area (Å²) in [6.45, 7) is 4.96. The number of piperazine rings is 1. The summed E-state index contributed by atoms with van der Waals surface area (Å²) >= 11 is 0. The van der Waals surface area contributed by atoms with Gasteiger partial charge in [0, 0.05) is 44.8 Å². The number of hydrogen-bond donors (Lipinski definition) is 2. The second kappa shape index (κ2) is 9.36. The van der Waals surface area contributed by atoms with Gasteiger partial charge in [-0.3, -0.25) is 9.59 Å². The molecule has 0 aliphatic carbocycles. The summed E-state index contributed by atoms with van der Waals surface area (Å²) in [6.07, 6.45) is 1.78. The number of benzene rings is 1. The maximum absolute atomic E-state index is 13.0. The molecule has 0 radical (unpaired) electrons. The zero-order valence-corrected chi connectivity index (χ0v) is 14.7. The van der Waals surface area contributed by atoms with Crippen LogP contribution in [-0.2, 0) is 9.59 Å². The molecule has 0 aromatic heterocycles. The molecule has 1 aliphatic rings. The molecule has 1 unspecified atom stereocenters. The maximum atomic E-state index is 13.0. The highest BCUT2D eigenvalue weighted by Crippen LogP contribution is 2.17. The van der Waals surface area contributed by atoms with E-state index in [4.69, 9.17) is 5.73 Å². The van der Waals surface area contributed by atoms with E-state index in [-0.39, 0.29) is 24.1 Å². The molecule has 1 aromatic carbocycles. The topological polar surface area (TPSA) is 78.7 Å². The summed E-state index contributed by atoms with van der Waals surface area (Å²) in [5.74, 6) is -0.419. The number of rotatable bonds is 7. The predicted octanol–water partition coefficient (Wildman–Crippen LogP) is 1.11. The highest BCUT2D eigenvalue weighted by molar-refractivity contribution is 5.82. The Labute approximate surface area is 148 Å². The van der Waals surface area contributed by atoms with Crippen LogP contribution in [0.3, 0.4) is 0 Å². The van der Waals surface area contributed by atoms with Crippen LogP contribution in [-0.4, -0.2) is 55.5 Å². The summed E-state index contributed by atoms with van der Waals surface area (Å²) in [5, 5.41) is 2.72. The first-order valence-electron chi connectivity index (χ1n) is 8.83. The second-order valence-electron chi connectivity index (χ2n) is 6.28. The number of halogens is 1. The van der Waals surface area contributed by atoms with E-state index in [0.717, 1.165) is 12.1 Å². The molecule has 1 aromatic rings. The molecule has 2 rings (SSSR count). The first-order chi connectivity index (χ1) is 12.0. The highest BCUT2D eigenvalue weighted by atomic mass is 19.1. The minimum absolute atomic E-state index is 0.0307. The van der Waals surface area contributed by atoms with Gasteiger partial charge in [-0.25, -0.2) is 4.39 Å². The van der Waals surface area contributed by atoms with Crippen molar-refractivity contribution < 1.29 is 14.0 Å². The van der Waals surface area contributed by atoms with Crippen molar-refractivity contribution in [1.29, 1.82) is 0 Å². The van der Waals surface area contributed by atoms with Crippen molar-refractivity contribution in [2.75, 3.05) is 37.6 Å². The predicted molar refractivity (Wildman–Crippen MR) is 95.7 cm³/mol. The maximum Gasteiger partial charge on any atom is 0.236 e. The minimum Gasteiger partial charge on any atom is -0.368 e. The van der Waals surface area contributed by atoms with Crippen LogP contribution in [0.2, 0.25) is 0 Å². The molecular formula is C18H27FN4O2. The molecule has 25 heavy (non-hydrogen) atoms. The van der Waals surface area contributed by atoms with Crippen molar-refractivity contribution in [2.24, 2.45) is 5.73 Å². The quantitative estimate of drug-likeness (QED) is 0.772. The fourth-order valence-corrected chi connectivity index (χ4v) is 2.89. The van der Waals surface area contributed by atoms with Crippen molar-refractivity contribution in [3.05, 3.63) is 30.1 Å². The van der Waals surface area contributed by atoms with Crippen LogP contribution in [0, 0.1) is 5.82 Å². The molecule has 6 nitrogen and oxygen atoms in total. The van der Waals surface area contributed by atoms with E-state index < -0.39 is 6.04 Å². The Morgan fingerprint density at radius 1 is 1.20 bits per heavy atom. The summed E-state index contributed by atoms with van der Waals surface area (Å²) in [6, 6.07) is 5.89. The third-order valence-corrected chi connectivity index (χ3v) is 4.40. The van der Waals surface area contributed by atoms with Gasteiger partial charge in [-0.05, 0) is 30.7 Å². The molecule has 3 N–H and O–H groups in total. The second-order valence-corrected chi connectivity index (χ2v) is 6.28. The fourth-order valence-electron chi connectivity index (χ4n) is 2.89. The van der Waals surface area contributed by atoms with E-state index in [1.54, 1.807) is 17.0 Å². The summed E-state index contributed by atoms with van der Waals surface area (Å²) in [4.78, 5) is 27.9. The lowest BCUT2D eigenvalue weighted by Gasteiger charge is -2.36. The molecule has 0 spiro atoms. The molecule has 0 bridgehead atoms. The van der Waals surface area contributed by atoms with Crippen molar-refractivity contribution in [3.8, 4) is 0 Å². The number of hydrogen-bond acceptors (Lipinski definition) is 4. The van der Waals surface area contributed by atoms with Gasteiger partial charge in [0.2, 0.25) is 11.8 Å². The number of nitrogens with two attached hydrogens (primary N) is 1. The molecule has 0 saturated carbocycles. The van der Waals surface area contributed by atoms with Gasteiger partial charge in [0.25, 0.3) is 0 Å². The van der Waals surface area contributed by atoms with Gasteiger partial charge in [0.1, 0.15) is 5.82 Å². The minimum atomic E-state index is -0.501. The molecule has 2 amide bonds. The number of nitrogens with zero attached hydrogens (tertiary/aromatic N) is 2.